The molecule has 0 atom stereocenters. The number of nitrogens with zero attached hydrogens (tertiary/aromatic N) is 3. The Balaban J connectivity index is 1.27. The van der Waals surface area contributed by atoms with Gasteiger partial charge in [-0.25, -0.2) is 15.0 Å². The molecule has 10 aromatic rings. The van der Waals surface area contributed by atoms with Crippen LogP contribution < -0.4 is 0 Å². The number of fused-ring (bicyclic) bond motifs is 8. The third-order valence-corrected chi connectivity index (χ3v) is 8.91. The van der Waals surface area contributed by atoms with E-state index in [1.54, 1.807) is 0 Å². The lowest BCUT2D eigenvalue weighted by Gasteiger charge is -2.11. The summed E-state index contributed by atoms with van der Waals surface area (Å²) in [6.45, 7) is 0. The van der Waals surface area contributed by atoms with E-state index in [0.717, 1.165) is 76.7 Å². The Morgan fingerprint density at radius 2 is 0.978 bits per heavy atom. The highest BCUT2D eigenvalue weighted by atomic mass is 16.3. The van der Waals surface area contributed by atoms with E-state index in [1.165, 1.54) is 5.39 Å². The van der Waals surface area contributed by atoms with Crippen molar-refractivity contribution in [2.45, 2.75) is 0 Å². The van der Waals surface area contributed by atoms with Crippen LogP contribution in [-0.2, 0) is 0 Å². The van der Waals surface area contributed by atoms with Crippen LogP contribution in [0.1, 0.15) is 0 Å². The van der Waals surface area contributed by atoms with E-state index in [4.69, 9.17) is 23.8 Å². The zero-order chi connectivity index (χ0) is 30.2. The van der Waals surface area contributed by atoms with Gasteiger partial charge in [-0.2, -0.15) is 0 Å². The molecule has 0 amide bonds. The number of benzene rings is 7. The minimum atomic E-state index is 0.595. The van der Waals surface area contributed by atoms with E-state index in [2.05, 4.69) is 91.0 Å². The van der Waals surface area contributed by atoms with Gasteiger partial charge in [0, 0.05) is 38.2 Å². The summed E-state index contributed by atoms with van der Waals surface area (Å²) < 4.78 is 12.5. The summed E-state index contributed by atoms with van der Waals surface area (Å²) in [5.74, 6) is 1.82. The van der Waals surface area contributed by atoms with Crippen LogP contribution in [0.15, 0.2) is 148 Å². The molecular formula is C41H23N3O2. The highest BCUT2D eigenvalue weighted by Crippen LogP contribution is 2.39. The van der Waals surface area contributed by atoms with Crippen molar-refractivity contribution >= 4 is 65.4 Å². The molecule has 0 aliphatic heterocycles. The summed E-state index contributed by atoms with van der Waals surface area (Å²) in [7, 11) is 0. The Kier molecular flexibility index (Phi) is 5.22. The van der Waals surface area contributed by atoms with Crippen molar-refractivity contribution < 1.29 is 8.83 Å². The van der Waals surface area contributed by atoms with Gasteiger partial charge in [0.25, 0.3) is 0 Å². The van der Waals surface area contributed by atoms with Crippen LogP contribution in [-0.4, -0.2) is 15.0 Å². The van der Waals surface area contributed by atoms with Gasteiger partial charge in [-0.3, -0.25) is 0 Å². The molecule has 0 aliphatic rings. The maximum atomic E-state index is 6.24. The van der Waals surface area contributed by atoms with Crippen LogP contribution in [0.2, 0.25) is 0 Å². The molecule has 0 aliphatic carbocycles. The van der Waals surface area contributed by atoms with Gasteiger partial charge in [0.1, 0.15) is 22.3 Å². The summed E-state index contributed by atoms with van der Waals surface area (Å²) in [6.07, 6.45) is 0. The maximum absolute atomic E-state index is 6.24. The predicted octanol–water partition coefficient (Wildman–Crippen LogP) is 11.0. The monoisotopic (exact) mass is 589 g/mol. The van der Waals surface area contributed by atoms with Crippen LogP contribution in [0.4, 0.5) is 0 Å². The van der Waals surface area contributed by atoms with E-state index >= 15 is 0 Å². The summed E-state index contributed by atoms with van der Waals surface area (Å²) in [6, 6.07) is 47.6. The van der Waals surface area contributed by atoms with E-state index in [1.807, 2.05) is 48.5 Å². The molecule has 3 heterocycles. The van der Waals surface area contributed by atoms with Crippen molar-refractivity contribution in [3.63, 3.8) is 0 Å². The average Bonchev–Trinajstić information content (AvgIpc) is 3.68. The third-order valence-electron chi connectivity index (χ3n) is 8.91. The minimum Gasteiger partial charge on any atom is -0.456 e. The smallest absolute Gasteiger partial charge is 0.164 e. The number of para-hydroxylation sites is 2. The topological polar surface area (TPSA) is 65.0 Å². The second kappa shape index (κ2) is 9.58. The lowest BCUT2D eigenvalue weighted by molar-refractivity contribution is 0.669. The first kappa shape index (κ1) is 25.0. The maximum Gasteiger partial charge on any atom is 0.164 e. The Bertz CT molecular complexity index is 2830. The number of hydrogen-bond acceptors (Lipinski definition) is 5. The highest BCUT2D eigenvalue weighted by molar-refractivity contribution is 6.13. The molecule has 5 heteroatoms. The summed E-state index contributed by atoms with van der Waals surface area (Å²) >= 11 is 0. The standard InChI is InChI=1S/C41H23N3O2/c1-2-10-25-21-27(20-19-24(25)9-1)39-42-40(44-41(43-39)31-15-8-18-36-38(31)30-13-4-6-17-35(30)45-36)29-14-7-11-26-22-37-33(23-32(26)29)28-12-3-5-16-34(28)46-37/h1-23H. The zero-order valence-corrected chi connectivity index (χ0v) is 24.4. The van der Waals surface area contributed by atoms with Crippen LogP contribution in [0.5, 0.6) is 0 Å². The minimum absolute atomic E-state index is 0.595. The zero-order valence-electron chi connectivity index (χ0n) is 24.4. The summed E-state index contributed by atoms with van der Waals surface area (Å²) in [5, 5.41) is 8.57. The Morgan fingerprint density at radius 3 is 1.87 bits per heavy atom. The molecule has 0 saturated heterocycles. The number of rotatable bonds is 3. The highest BCUT2D eigenvalue weighted by Gasteiger charge is 2.19. The lowest BCUT2D eigenvalue weighted by atomic mass is 10.0. The molecule has 10 rings (SSSR count). The molecule has 214 valence electrons. The molecule has 5 nitrogen and oxygen atoms in total. The fraction of sp³-hybridized carbons (Fsp3) is 0. The van der Waals surface area contributed by atoms with Gasteiger partial charge in [-0.1, -0.05) is 103 Å². The third kappa shape index (κ3) is 3.79. The number of furan rings is 2. The van der Waals surface area contributed by atoms with E-state index in [9.17, 15) is 0 Å². The normalized spacial score (nSPS) is 11.9. The van der Waals surface area contributed by atoms with E-state index in [0.29, 0.717) is 17.5 Å². The van der Waals surface area contributed by atoms with E-state index < -0.39 is 0 Å². The fourth-order valence-corrected chi connectivity index (χ4v) is 6.73. The Hall–Kier alpha value is -6.33. The quantitative estimate of drug-likeness (QED) is 0.205. The van der Waals surface area contributed by atoms with Gasteiger partial charge in [0.05, 0.1) is 0 Å². The molecule has 3 aromatic heterocycles. The molecule has 0 fully saturated rings. The second-order valence-corrected chi connectivity index (χ2v) is 11.6. The number of aromatic nitrogens is 3. The van der Waals surface area contributed by atoms with Crippen molar-refractivity contribution in [1.82, 2.24) is 15.0 Å². The first-order chi connectivity index (χ1) is 22.8. The first-order valence-corrected chi connectivity index (χ1v) is 15.3. The van der Waals surface area contributed by atoms with Gasteiger partial charge in [0.15, 0.2) is 17.5 Å². The largest absolute Gasteiger partial charge is 0.456 e. The Morgan fingerprint density at radius 1 is 0.348 bits per heavy atom. The van der Waals surface area contributed by atoms with Crippen LogP contribution in [0.3, 0.4) is 0 Å². The number of hydrogen-bond donors (Lipinski definition) is 0. The lowest BCUT2D eigenvalue weighted by Crippen LogP contribution is -2.01. The fourth-order valence-electron chi connectivity index (χ4n) is 6.73. The molecular weight excluding hydrogens is 566 g/mol. The molecule has 7 aromatic carbocycles. The summed E-state index contributed by atoms with van der Waals surface area (Å²) in [5.41, 5.74) is 6.12. The van der Waals surface area contributed by atoms with Crippen molar-refractivity contribution in [3.05, 3.63) is 140 Å². The molecule has 0 bridgehead atoms. The van der Waals surface area contributed by atoms with Crippen molar-refractivity contribution in [2.24, 2.45) is 0 Å². The van der Waals surface area contributed by atoms with Crippen molar-refractivity contribution in [1.29, 1.82) is 0 Å². The van der Waals surface area contributed by atoms with Crippen molar-refractivity contribution in [3.8, 4) is 34.2 Å². The van der Waals surface area contributed by atoms with Crippen LogP contribution in [0, 0.1) is 0 Å². The first-order valence-electron chi connectivity index (χ1n) is 15.3. The molecule has 0 radical (unpaired) electrons. The van der Waals surface area contributed by atoms with E-state index in [-0.39, 0.29) is 0 Å². The van der Waals surface area contributed by atoms with Gasteiger partial charge >= 0.3 is 0 Å². The van der Waals surface area contributed by atoms with Gasteiger partial charge in [0.2, 0.25) is 0 Å². The second-order valence-electron chi connectivity index (χ2n) is 11.6. The molecule has 0 spiro atoms. The van der Waals surface area contributed by atoms with Gasteiger partial charge < -0.3 is 8.83 Å². The van der Waals surface area contributed by atoms with Crippen LogP contribution >= 0.6 is 0 Å². The average molecular weight is 590 g/mol. The molecule has 46 heavy (non-hydrogen) atoms. The SMILES string of the molecule is c1ccc2cc(-c3nc(-c4cccc5cc6oc7ccccc7c6cc45)nc(-c4cccc5oc6ccccc6c45)n3)ccc2c1. The van der Waals surface area contributed by atoms with Crippen LogP contribution in [0.25, 0.3) is 99.6 Å². The molecule has 0 N–H and O–H groups in total. The molecule has 0 saturated carbocycles. The predicted molar refractivity (Wildman–Crippen MR) is 186 cm³/mol. The van der Waals surface area contributed by atoms with Crippen molar-refractivity contribution in [2.75, 3.05) is 0 Å². The van der Waals surface area contributed by atoms with Gasteiger partial charge in [-0.15, -0.1) is 0 Å². The molecule has 0 unspecified atom stereocenters. The Labute approximate surface area is 262 Å². The van der Waals surface area contributed by atoms with Gasteiger partial charge in [-0.05, 0) is 57.9 Å². The summed E-state index contributed by atoms with van der Waals surface area (Å²) in [4.78, 5) is 15.5.